The van der Waals surface area contributed by atoms with Gasteiger partial charge < -0.3 is 10.4 Å². The van der Waals surface area contributed by atoms with Crippen molar-refractivity contribution in [3.05, 3.63) is 29.6 Å². The fourth-order valence-corrected chi connectivity index (χ4v) is 2.48. The largest absolute Gasteiger partial charge is 0.478 e. The molecule has 2 N–H and O–H groups in total. The van der Waals surface area contributed by atoms with Crippen LogP contribution in [0.15, 0.2) is 23.1 Å². The number of amides is 1. The number of carbonyl (C=O) groups is 2. The number of halogens is 1. The van der Waals surface area contributed by atoms with E-state index in [0.29, 0.717) is 4.90 Å². The van der Waals surface area contributed by atoms with Crippen LogP contribution in [0.25, 0.3) is 0 Å². The summed E-state index contributed by atoms with van der Waals surface area (Å²) in [5.41, 5.74) is -0.380. The van der Waals surface area contributed by atoms with Gasteiger partial charge in [-0.1, -0.05) is 13.3 Å². The highest BCUT2D eigenvalue weighted by molar-refractivity contribution is 8.00. The number of rotatable bonds is 7. The first-order chi connectivity index (χ1) is 9.43. The SMILES string of the molecule is CCCC(C)NC(=O)CSc1ccc(F)c(C(=O)O)c1. The normalized spacial score (nSPS) is 11.9. The summed E-state index contributed by atoms with van der Waals surface area (Å²) in [6, 6.07) is 3.93. The van der Waals surface area contributed by atoms with Crippen molar-refractivity contribution in [2.45, 2.75) is 37.6 Å². The van der Waals surface area contributed by atoms with Crippen molar-refractivity contribution in [1.82, 2.24) is 5.32 Å². The van der Waals surface area contributed by atoms with Crippen LogP contribution >= 0.6 is 11.8 Å². The zero-order valence-corrected chi connectivity index (χ0v) is 12.3. The molecule has 20 heavy (non-hydrogen) atoms. The van der Waals surface area contributed by atoms with E-state index in [0.717, 1.165) is 18.9 Å². The summed E-state index contributed by atoms with van der Waals surface area (Å²) in [6.45, 7) is 3.98. The summed E-state index contributed by atoms with van der Waals surface area (Å²) in [5.74, 6) is -2.02. The highest BCUT2D eigenvalue weighted by atomic mass is 32.2. The summed E-state index contributed by atoms with van der Waals surface area (Å²) in [4.78, 5) is 23.0. The maximum Gasteiger partial charge on any atom is 0.338 e. The first-order valence-electron chi connectivity index (χ1n) is 6.39. The first-order valence-corrected chi connectivity index (χ1v) is 7.37. The molecule has 0 aliphatic rings. The lowest BCUT2D eigenvalue weighted by Gasteiger charge is -2.12. The Morgan fingerprint density at radius 1 is 1.45 bits per heavy atom. The molecule has 0 aromatic heterocycles. The number of hydrogen-bond donors (Lipinski definition) is 2. The zero-order valence-electron chi connectivity index (χ0n) is 11.5. The standard InChI is InChI=1S/C14H18FNO3S/c1-3-4-9(2)16-13(17)8-20-10-5-6-12(15)11(7-10)14(18)19/h5-7,9H,3-4,8H2,1-2H3,(H,16,17)(H,18,19). The highest BCUT2D eigenvalue weighted by Gasteiger charge is 2.12. The maximum absolute atomic E-state index is 13.2. The smallest absolute Gasteiger partial charge is 0.338 e. The molecule has 0 fully saturated rings. The van der Waals surface area contributed by atoms with E-state index >= 15 is 0 Å². The van der Waals surface area contributed by atoms with Crippen LogP contribution in [0, 0.1) is 5.82 Å². The highest BCUT2D eigenvalue weighted by Crippen LogP contribution is 2.21. The van der Waals surface area contributed by atoms with Gasteiger partial charge in [0.25, 0.3) is 0 Å². The molecule has 0 spiro atoms. The third kappa shape index (κ3) is 5.21. The van der Waals surface area contributed by atoms with E-state index in [1.807, 2.05) is 13.8 Å². The van der Waals surface area contributed by atoms with Crippen molar-refractivity contribution in [3.63, 3.8) is 0 Å². The second-order valence-corrected chi connectivity index (χ2v) is 5.54. The monoisotopic (exact) mass is 299 g/mol. The molecular weight excluding hydrogens is 281 g/mol. The molecule has 4 nitrogen and oxygen atoms in total. The average Bonchev–Trinajstić information content (AvgIpc) is 2.37. The second-order valence-electron chi connectivity index (χ2n) is 4.49. The molecule has 0 heterocycles. The van der Waals surface area contributed by atoms with E-state index in [1.54, 1.807) is 0 Å². The van der Waals surface area contributed by atoms with Crippen molar-refractivity contribution < 1.29 is 19.1 Å². The molecule has 0 bridgehead atoms. The van der Waals surface area contributed by atoms with Crippen molar-refractivity contribution in [3.8, 4) is 0 Å². The van der Waals surface area contributed by atoms with E-state index in [-0.39, 0.29) is 23.3 Å². The molecule has 6 heteroatoms. The average molecular weight is 299 g/mol. The molecular formula is C14H18FNO3S. The molecule has 1 amide bonds. The number of nitrogens with one attached hydrogen (secondary N) is 1. The van der Waals surface area contributed by atoms with Crippen molar-refractivity contribution >= 4 is 23.6 Å². The summed E-state index contributed by atoms with van der Waals surface area (Å²) in [5, 5.41) is 11.7. The van der Waals surface area contributed by atoms with E-state index in [1.165, 1.54) is 23.9 Å². The van der Waals surface area contributed by atoms with E-state index in [9.17, 15) is 14.0 Å². The number of hydrogen-bond acceptors (Lipinski definition) is 3. The molecule has 110 valence electrons. The molecule has 0 radical (unpaired) electrons. The van der Waals surface area contributed by atoms with Crippen molar-refractivity contribution in [2.24, 2.45) is 0 Å². The van der Waals surface area contributed by atoms with Gasteiger partial charge in [-0.25, -0.2) is 9.18 Å². The van der Waals surface area contributed by atoms with Gasteiger partial charge >= 0.3 is 5.97 Å². The Bertz CT molecular complexity index is 493. The van der Waals surface area contributed by atoms with Crippen LogP contribution in [0.5, 0.6) is 0 Å². The van der Waals surface area contributed by atoms with Gasteiger partial charge in [-0.05, 0) is 31.5 Å². The second kappa shape index (κ2) is 7.89. The zero-order chi connectivity index (χ0) is 15.1. The summed E-state index contributed by atoms with van der Waals surface area (Å²) < 4.78 is 13.2. The van der Waals surface area contributed by atoms with Gasteiger partial charge in [0.15, 0.2) is 0 Å². The van der Waals surface area contributed by atoms with Crippen LogP contribution in [-0.4, -0.2) is 28.8 Å². The van der Waals surface area contributed by atoms with Crippen LogP contribution < -0.4 is 5.32 Å². The van der Waals surface area contributed by atoms with Crippen molar-refractivity contribution in [2.75, 3.05) is 5.75 Å². The molecule has 1 unspecified atom stereocenters. The number of carbonyl (C=O) groups excluding carboxylic acids is 1. The van der Waals surface area contributed by atoms with Gasteiger partial charge in [-0.3, -0.25) is 4.79 Å². The minimum absolute atomic E-state index is 0.114. The van der Waals surface area contributed by atoms with Crippen LogP contribution in [-0.2, 0) is 4.79 Å². The quantitative estimate of drug-likeness (QED) is 0.760. The fraction of sp³-hybridized carbons (Fsp3) is 0.429. The predicted octanol–water partition coefficient (Wildman–Crippen LogP) is 2.92. The van der Waals surface area contributed by atoms with Crippen molar-refractivity contribution in [1.29, 1.82) is 0 Å². The van der Waals surface area contributed by atoms with Gasteiger partial charge in [-0.2, -0.15) is 0 Å². The Labute approximate surface area is 121 Å². The van der Waals surface area contributed by atoms with Crippen LogP contribution in [0.2, 0.25) is 0 Å². The number of carboxylic acids is 1. The molecule has 1 aromatic carbocycles. The molecule has 0 aliphatic carbocycles. The van der Waals surface area contributed by atoms with E-state index in [2.05, 4.69) is 5.32 Å². The Morgan fingerprint density at radius 3 is 2.75 bits per heavy atom. The van der Waals surface area contributed by atoms with E-state index < -0.39 is 11.8 Å². The van der Waals surface area contributed by atoms with Crippen LogP contribution in [0.3, 0.4) is 0 Å². The van der Waals surface area contributed by atoms with Gasteiger partial charge in [0.1, 0.15) is 5.82 Å². The number of carboxylic acid groups (broad SMARTS) is 1. The Kier molecular flexibility index (Phi) is 6.51. The minimum Gasteiger partial charge on any atom is -0.478 e. The maximum atomic E-state index is 13.2. The lowest BCUT2D eigenvalue weighted by atomic mass is 10.2. The Balaban J connectivity index is 2.55. The lowest BCUT2D eigenvalue weighted by Crippen LogP contribution is -2.33. The first kappa shape index (κ1) is 16.5. The molecule has 0 saturated heterocycles. The predicted molar refractivity (Wildman–Crippen MR) is 76.6 cm³/mol. The van der Waals surface area contributed by atoms with Crippen LogP contribution in [0.4, 0.5) is 4.39 Å². The van der Waals surface area contributed by atoms with Gasteiger partial charge in [-0.15, -0.1) is 11.8 Å². The Hall–Kier alpha value is -1.56. The Morgan fingerprint density at radius 2 is 2.15 bits per heavy atom. The number of thioether (sulfide) groups is 1. The van der Waals surface area contributed by atoms with Gasteiger partial charge in [0.05, 0.1) is 11.3 Å². The topological polar surface area (TPSA) is 66.4 Å². The number of benzene rings is 1. The molecule has 0 aliphatic heterocycles. The van der Waals surface area contributed by atoms with Gasteiger partial charge in [0, 0.05) is 10.9 Å². The van der Waals surface area contributed by atoms with Crippen LogP contribution in [0.1, 0.15) is 37.0 Å². The molecule has 1 rings (SSSR count). The third-order valence-electron chi connectivity index (χ3n) is 2.67. The number of aromatic carboxylic acids is 1. The van der Waals surface area contributed by atoms with E-state index in [4.69, 9.17) is 5.11 Å². The summed E-state index contributed by atoms with van der Waals surface area (Å²) in [6.07, 6.45) is 1.91. The summed E-state index contributed by atoms with van der Waals surface area (Å²) in [7, 11) is 0. The van der Waals surface area contributed by atoms with Gasteiger partial charge in [0.2, 0.25) is 5.91 Å². The summed E-state index contributed by atoms with van der Waals surface area (Å²) >= 11 is 1.19. The molecule has 1 atom stereocenters. The molecule has 0 saturated carbocycles. The lowest BCUT2D eigenvalue weighted by molar-refractivity contribution is -0.119. The third-order valence-corrected chi connectivity index (χ3v) is 3.66. The fourth-order valence-electron chi connectivity index (χ4n) is 1.73. The molecule has 1 aromatic rings. The minimum atomic E-state index is -1.31.